The normalized spacial score (nSPS) is 29.2. The zero-order chi connectivity index (χ0) is 31.3. The maximum absolute atomic E-state index is 12.7. The second-order valence-corrected chi connectivity index (χ2v) is 12.4. The van der Waals surface area contributed by atoms with Gasteiger partial charge in [-0.2, -0.15) is 0 Å². The largest absolute Gasteiger partial charge is 0.466 e. The van der Waals surface area contributed by atoms with Gasteiger partial charge in [-0.25, -0.2) is 0 Å². The predicted octanol–water partition coefficient (Wildman–Crippen LogP) is 4.33. The Morgan fingerprint density at radius 3 is 1.79 bits per heavy atom. The van der Waals surface area contributed by atoms with Crippen LogP contribution in [-0.2, 0) is 38.1 Å². The Kier molecular flexibility index (Phi) is 15.3. The topological polar surface area (TPSA) is 129 Å². The van der Waals surface area contributed by atoms with E-state index in [0.29, 0.717) is 23.7 Å². The highest BCUT2D eigenvalue weighted by molar-refractivity contribution is 5.83. The van der Waals surface area contributed by atoms with Crippen molar-refractivity contribution >= 4 is 23.9 Å². The smallest absolute Gasteiger partial charge is 0.323 e. The number of hydrogen-bond acceptors (Lipinski definition) is 10. The van der Waals surface area contributed by atoms with E-state index in [1.54, 1.807) is 27.7 Å². The lowest BCUT2D eigenvalue weighted by Gasteiger charge is -2.46. The zero-order valence-corrected chi connectivity index (χ0v) is 27.0. The van der Waals surface area contributed by atoms with Crippen LogP contribution in [0.15, 0.2) is 0 Å². The molecule has 0 aliphatic heterocycles. The van der Waals surface area contributed by atoms with Gasteiger partial charge in [-0.1, -0.05) is 13.8 Å². The van der Waals surface area contributed by atoms with Crippen LogP contribution in [0.1, 0.15) is 106 Å². The summed E-state index contributed by atoms with van der Waals surface area (Å²) in [6.45, 7) is 14.7. The molecule has 8 unspecified atom stereocenters. The molecule has 10 heteroatoms. The third-order valence-electron chi connectivity index (χ3n) is 9.20. The third kappa shape index (κ3) is 11.1. The van der Waals surface area contributed by atoms with Crippen molar-refractivity contribution in [3.05, 3.63) is 0 Å². The number of hydrogen-bond donors (Lipinski definition) is 2. The molecule has 2 fully saturated rings. The molecule has 0 spiro atoms. The third-order valence-corrected chi connectivity index (χ3v) is 9.20. The van der Waals surface area contributed by atoms with Crippen molar-refractivity contribution in [1.82, 2.24) is 10.6 Å². The molecule has 0 aromatic rings. The molecule has 2 aliphatic rings. The molecule has 0 saturated heterocycles. The number of carbonyl (C=O) groups is 4. The Morgan fingerprint density at radius 1 is 0.738 bits per heavy atom. The van der Waals surface area contributed by atoms with Crippen LogP contribution in [0.5, 0.6) is 0 Å². The highest BCUT2D eigenvalue weighted by Crippen LogP contribution is 2.42. The number of esters is 4. The summed E-state index contributed by atoms with van der Waals surface area (Å²) in [7, 11) is 0. The first-order valence-electron chi connectivity index (χ1n) is 16.1. The maximum Gasteiger partial charge on any atom is 0.323 e. The van der Waals surface area contributed by atoms with Gasteiger partial charge in [0.15, 0.2) is 0 Å². The fourth-order valence-electron chi connectivity index (χ4n) is 6.82. The Labute approximate surface area is 252 Å². The molecule has 42 heavy (non-hydrogen) atoms. The maximum atomic E-state index is 12.7. The number of carbonyl (C=O) groups excluding carboxylic acids is 4. The summed E-state index contributed by atoms with van der Waals surface area (Å²) in [5, 5.41) is 6.92. The van der Waals surface area contributed by atoms with Gasteiger partial charge < -0.3 is 24.3 Å². The van der Waals surface area contributed by atoms with Gasteiger partial charge >= 0.3 is 23.9 Å². The van der Waals surface area contributed by atoms with Crippen molar-refractivity contribution in [1.29, 1.82) is 0 Å². The quantitative estimate of drug-likeness (QED) is 0.196. The van der Waals surface area contributed by atoms with E-state index < -0.39 is 36.0 Å². The fourth-order valence-corrected chi connectivity index (χ4v) is 6.82. The van der Waals surface area contributed by atoms with Gasteiger partial charge in [-0.05, 0) is 103 Å². The van der Waals surface area contributed by atoms with Gasteiger partial charge in [0.2, 0.25) is 0 Å². The van der Waals surface area contributed by atoms with Crippen LogP contribution in [0.3, 0.4) is 0 Å². The van der Waals surface area contributed by atoms with Crippen molar-refractivity contribution in [2.75, 3.05) is 26.4 Å². The lowest BCUT2D eigenvalue weighted by molar-refractivity contribution is -0.153. The van der Waals surface area contributed by atoms with Crippen LogP contribution in [-0.4, -0.2) is 74.0 Å². The summed E-state index contributed by atoms with van der Waals surface area (Å²) >= 11 is 0. The summed E-state index contributed by atoms with van der Waals surface area (Å²) in [4.78, 5) is 49.5. The van der Waals surface area contributed by atoms with Gasteiger partial charge in [-0.3, -0.25) is 24.5 Å². The lowest BCUT2D eigenvalue weighted by atomic mass is 9.66. The van der Waals surface area contributed by atoms with Crippen molar-refractivity contribution < 1.29 is 38.1 Å². The van der Waals surface area contributed by atoms with E-state index in [4.69, 9.17) is 18.9 Å². The first-order chi connectivity index (χ1) is 20.0. The molecular weight excluding hydrogens is 540 g/mol. The van der Waals surface area contributed by atoms with Crippen LogP contribution in [0.2, 0.25) is 0 Å². The minimum Gasteiger partial charge on any atom is -0.466 e. The first kappa shape index (κ1) is 36.0. The Balaban J connectivity index is 1.92. The summed E-state index contributed by atoms with van der Waals surface area (Å²) in [5.74, 6) is 0.276. The minimum atomic E-state index is -0.723. The molecular formula is C32H56N2O8. The van der Waals surface area contributed by atoms with E-state index in [1.165, 1.54) is 0 Å². The van der Waals surface area contributed by atoms with Gasteiger partial charge in [0.05, 0.1) is 39.3 Å². The Morgan fingerprint density at radius 2 is 1.26 bits per heavy atom. The van der Waals surface area contributed by atoms with E-state index in [9.17, 15) is 19.2 Å². The average molecular weight is 597 g/mol. The monoisotopic (exact) mass is 596 g/mol. The van der Waals surface area contributed by atoms with Crippen LogP contribution >= 0.6 is 0 Å². The molecule has 2 saturated carbocycles. The molecule has 242 valence electrons. The SMILES string of the molecule is CCOC(=O)CC(NC1CCC(CC2CCC(C)(NC(CC(=O)OCC)C(=O)OCC)C(C)C2)CC1C)C(=O)OCC. The molecule has 2 N–H and O–H groups in total. The van der Waals surface area contributed by atoms with Gasteiger partial charge in [0, 0.05) is 11.6 Å². The van der Waals surface area contributed by atoms with Gasteiger partial charge in [0.1, 0.15) is 12.1 Å². The molecule has 0 aromatic heterocycles. The summed E-state index contributed by atoms with van der Waals surface area (Å²) in [6.07, 6.45) is 7.20. The van der Waals surface area contributed by atoms with E-state index in [1.807, 2.05) is 0 Å². The summed E-state index contributed by atoms with van der Waals surface area (Å²) < 4.78 is 20.7. The Hall–Kier alpha value is -2.20. The van der Waals surface area contributed by atoms with E-state index in [2.05, 4.69) is 31.4 Å². The number of ether oxygens (including phenoxy) is 4. The van der Waals surface area contributed by atoms with Crippen LogP contribution in [0.25, 0.3) is 0 Å². The molecule has 0 bridgehead atoms. The van der Waals surface area contributed by atoms with Crippen LogP contribution in [0, 0.1) is 23.7 Å². The molecule has 0 heterocycles. The van der Waals surface area contributed by atoms with Crippen molar-refractivity contribution in [3.8, 4) is 0 Å². The highest BCUT2D eigenvalue weighted by Gasteiger charge is 2.42. The van der Waals surface area contributed by atoms with Crippen molar-refractivity contribution in [2.24, 2.45) is 23.7 Å². The molecule has 0 radical (unpaired) electrons. The van der Waals surface area contributed by atoms with Crippen LogP contribution < -0.4 is 10.6 Å². The molecule has 0 aromatic carbocycles. The molecule has 2 rings (SSSR count). The van der Waals surface area contributed by atoms with E-state index >= 15 is 0 Å². The second kappa shape index (κ2) is 17.8. The first-order valence-corrected chi connectivity index (χ1v) is 16.1. The number of nitrogens with one attached hydrogen (secondary N) is 2. The van der Waals surface area contributed by atoms with Crippen molar-refractivity contribution in [3.63, 3.8) is 0 Å². The second-order valence-electron chi connectivity index (χ2n) is 12.4. The van der Waals surface area contributed by atoms with Crippen LogP contribution in [0.4, 0.5) is 0 Å². The minimum absolute atomic E-state index is 0.0249. The molecule has 2 aliphatic carbocycles. The van der Waals surface area contributed by atoms with E-state index in [-0.39, 0.29) is 50.8 Å². The fraction of sp³-hybridized carbons (Fsp3) is 0.875. The molecule has 0 amide bonds. The number of rotatable bonds is 16. The highest BCUT2D eigenvalue weighted by atomic mass is 16.5. The van der Waals surface area contributed by atoms with Crippen molar-refractivity contribution in [2.45, 2.75) is 130 Å². The standard InChI is InChI=1S/C32H56N2O8/c1-8-39-28(35)19-26(30(37)41-10-3)33-25-13-12-23(16-21(25)5)18-24-14-15-32(7,22(6)17-24)34-27(31(38)42-11-4)20-29(36)40-9-2/h21-27,33-34H,8-20H2,1-7H3. The molecule has 8 atom stereocenters. The average Bonchev–Trinajstić information content (AvgIpc) is 2.92. The zero-order valence-electron chi connectivity index (χ0n) is 27.0. The van der Waals surface area contributed by atoms with Gasteiger partial charge in [-0.15, -0.1) is 0 Å². The van der Waals surface area contributed by atoms with Gasteiger partial charge in [0.25, 0.3) is 0 Å². The summed E-state index contributed by atoms with van der Waals surface area (Å²) in [5.41, 5.74) is -0.281. The van der Waals surface area contributed by atoms with E-state index in [0.717, 1.165) is 44.9 Å². The Bertz CT molecular complexity index is 883. The summed E-state index contributed by atoms with van der Waals surface area (Å²) in [6, 6.07) is -1.28. The molecule has 10 nitrogen and oxygen atoms in total. The lowest BCUT2D eigenvalue weighted by Crippen LogP contribution is -2.57. The predicted molar refractivity (Wildman–Crippen MR) is 159 cm³/mol.